The van der Waals surface area contributed by atoms with Crippen molar-refractivity contribution in [3.63, 3.8) is 0 Å². The Kier molecular flexibility index (Phi) is 5.26. The maximum atomic E-state index is 10.7. The van der Waals surface area contributed by atoms with Gasteiger partial charge in [0.05, 0.1) is 6.10 Å². The van der Waals surface area contributed by atoms with E-state index in [9.17, 15) is 34.0 Å². The molecule has 0 radical (unpaired) electrons. The summed E-state index contributed by atoms with van der Waals surface area (Å²) in [6, 6.07) is 5.66. The third-order valence-electron chi connectivity index (χ3n) is 3.32. The van der Waals surface area contributed by atoms with Crippen LogP contribution >= 0.6 is 0 Å². The normalized spacial score (nSPS) is 12.7. The largest absolute Gasteiger partial charge is 0.508 e. The van der Waals surface area contributed by atoms with Crippen LogP contribution < -0.4 is 4.18 Å². The third-order valence-corrected chi connectivity index (χ3v) is 3.71. The van der Waals surface area contributed by atoms with Crippen molar-refractivity contribution in [1.29, 1.82) is 0 Å². The molecule has 0 saturated heterocycles. The van der Waals surface area contributed by atoms with Gasteiger partial charge in [-0.3, -0.25) is 4.55 Å². The molecule has 0 amide bonds. The van der Waals surface area contributed by atoms with Crippen LogP contribution in [-0.2, 0) is 23.2 Å². The van der Waals surface area contributed by atoms with E-state index < -0.39 is 39.5 Å². The van der Waals surface area contributed by atoms with Crippen molar-refractivity contribution >= 4 is 10.4 Å². The summed E-state index contributed by atoms with van der Waals surface area (Å²) in [4.78, 5) is 0. The van der Waals surface area contributed by atoms with Crippen LogP contribution in [0.15, 0.2) is 30.3 Å². The number of phenols is 4. The molecule has 0 aromatic heterocycles. The third kappa shape index (κ3) is 5.14. The summed E-state index contributed by atoms with van der Waals surface area (Å²) in [7, 11) is -4.82. The van der Waals surface area contributed by atoms with E-state index >= 15 is 0 Å². The van der Waals surface area contributed by atoms with Gasteiger partial charge in [-0.15, -0.1) is 0 Å². The molecule has 25 heavy (non-hydrogen) atoms. The molecule has 0 spiro atoms. The van der Waals surface area contributed by atoms with Crippen LogP contribution in [0.4, 0.5) is 0 Å². The minimum absolute atomic E-state index is 0.0264. The number of rotatable bonds is 6. The zero-order chi connectivity index (χ0) is 18.8. The van der Waals surface area contributed by atoms with Crippen molar-refractivity contribution in [1.82, 2.24) is 0 Å². The number of aliphatic hydroxyl groups is 1. The molecular weight excluding hydrogens is 356 g/mol. The van der Waals surface area contributed by atoms with Crippen LogP contribution in [0.3, 0.4) is 0 Å². The second-order valence-corrected chi connectivity index (χ2v) is 6.36. The van der Waals surface area contributed by atoms with Gasteiger partial charge < -0.3 is 29.7 Å². The monoisotopic (exact) mass is 372 g/mol. The fraction of sp³-hybridized carbons (Fsp3) is 0.200. The number of benzene rings is 2. The average molecular weight is 372 g/mol. The first-order valence-corrected chi connectivity index (χ1v) is 8.32. The SMILES string of the molecule is O=S(=O)(O)Oc1cc(CC(O)Cc2c(O)cc(O)cc2O)ccc1O. The van der Waals surface area contributed by atoms with Gasteiger partial charge in [0.2, 0.25) is 0 Å². The second kappa shape index (κ2) is 7.05. The van der Waals surface area contributed by atoms with Crippen molar-refractivity contribution in [2.45, 2.75) is 18.9 Å². The van der Waals surface area contributed by atoms with Gasteiger partial charge in [0, 0.05) is 24.1 Å². The molecule has 0 saturated carbocycles. The molecule has 0 aliphatic carbocycles. The van der Waals surface area contributed by atoms with E-state index in [1.54, 1.807) is 0 Å². The van der Waals surface area contributed by atoms with Crippen molar-refractivity contribution in [3.05, 3.63) is 41.5 Å². The lowest BCUT2D eigenvalue weighted by atomic mass is 9.99. The zero-order valence-electron chi connectivity index (χ0n) is 12.7. The number of phenolic OH excluding ortho intramolecular Hbond substituents is 4. The maximum absolute atomic E-state index is 10.7. The molecule has 1 unspecified atom stereocenters. The second-order valence-electron chi connectivity index (χ2n) is 5.34. The smallest absolute Gasteiger partial charge is 0.446 e. The van der Waals surface area contributed by atoms with Crippen LogP contribution in [0.2, 0.25) is 0 Å². The van der Waals surface area contributed by atoms with Crippen molar-refractivity contribution in [3.8, 4) is 28.7 Å². The van der Waals surface area contributed by atoms with Gasteiger partial charge in [-0.05, 0) is 24.1 Å². The Hall–Kier alpha value is -2.69. The summed E-state index contributed by atoms with van der Waals surface area (Å²) >= 11 is 0. The van der Waals surface area contributed by atoms with Gasteiger partial charge in [-0.25, -0.2) is 0 Å². The van der Waals surface area contributed by atoms with Crippen LogP contribution in [0.5, 0.6) is 28.7 Å². The first-order valence-electron chi connectivity index (χ1n) is 6.96. The molecular formula is C15H16O9S. The zero-order valence-corrected chi connectivity index (χ0v) is 13.5. The van der Waals surface area contributed by atoms with Crippen LogP contribution in [-0.4, -0.2) is 44.6 Å². The summed E-state index contributed by atoms with van der Waals surface area (Å²) in [5, 5.41) is 48.3. The fourth-order valence-corrected chi connectivity index (χ4v) is 2.64. The highest BCUT2D eigenvalue weighted by Gasteiger charge is 2.17. The Labute approximate surface area is 143 Å². The number of hydrogen-bond acceptors (Lipinski definition) is 8. The predicted octanol–water partition coefficient (Wildman–Crippen LogP) is 0.837. The van der Waals surface area contributed by atoms with Crippen LogP contribution in [0.1, 0.15) is 11.1 Å². The summed E-state index contributed by atoms with van der Waals surface area (Å²) in [5.41, 5.74) is 0.389. The molecule has 136 valence electrons. The molecule has 6 N–H and O–H groups in total. The molecule has 2 aromatic rings. The average Bonchev–Trinajstić information content (AvgIpc) is 2.45. The van der Waals surface area contributed by atoms with Gasteiger partial charge in [0.1, 0.15) is 17.2 Å². The highest BCUT2D eigenvalue weighted by Crippen LogP contribution is 2.33. The summed E-state index contributed by atoms with van der Waals surface area (Å²) in [6.45, 7) is 0. The molecule has 2 rings (SSSR count). The summed E-state index contributed by atoms with van der Waals surface area (Å²) in [5.74, 6) is -2.15. The van der Waals surface area contributed by atoms with Crippen LogP contribution in [0, 0.1) is 0 Å². The van der Waals surface area contributed by atoms with E-state index in [0.717, 1.165) is 24.3 Å². The Balaban J connectivity index is 2.16. The van der Waals surface area contributed by atoms with Gasteiger partial charge in [0.15, 0.2) is 11.5 Å². The quantitative estimate of drug-likeness (QED) is 0.403. The minimum Gasteiger partial charge on any atom is -0.508 e. The van der Waals surface area contributed by atoms with Gasteiger partial charge in [-0.2, -0.15) is 8.42 Å². The van der Waals surface area contributed by atoms with Crippen LogP contribution in [0.25, 0.3) is 0 Å². The van der Waals surface area contributed by atoms with E-state index in [1.165, 1.54) is 6.07 Å². The Morgan fingerprint density at radius 3 is 2.08 bits per heavy atom. The number of aliphatic hydroxyl groups excluding tert-OH is 1. The molecule has 1 atom stereocenters. The summed E-state index contributed by atoms with van der Waals surface area (Å²) < 4.78 is 34.3. The molecule has 9 nitrogen and oxygen atoms in total. The van der Waals surface area contributed by atoms with Gasteiger partial charge in [-0.1, -0.05) is 6.07 Å². The lowest BCUT2D eigenvalue weighted by Crippen LogP contribution is -2.14. The Morgan fingerprint density at radius 1 is 0.920 bits per heavy atom. The summed E-state index contributed by atoms with van der Waals surface area (Å²) in [6.07, 6.45) is -1.29. The van der Waals surface area contributed by atoms with Crippen molar-refractivity contribution < 1.29 is 42.7 Å². The van der Waals surface area contributed by atoms with Gasteiger partial charge >= 0.3 is 10.4 Å². The van der Waals surface area contributed by atoms with E-state index in [-0.39, 0.29) is 24.2 Å². The maximum Gasteiger partial charge on any atom is 0.446 e. The number of aromatic hydroxyl groups is 4. The molecule has 0 bridgehead atoms. The fourth-order valence-electron chi connectivity index (χ4n) is 2.28. The molecule has 10 heteroatoms. The molecule has 0 fully saturated rings. The minimum atomic E-state index is -4.82. The van der Waals surface area contributed by atoms with E-state index in [1.807, 2.05) is 0 Å². The topological polar surface area (TPSA) is 165 Å². The van der Waals surface area contributed by atoms with E-state index in [0.29, 0.717) is 5.56 Å². The molecule has 0 aliphatic heterocycles. The molecule has 0 aliphatic rings. The molecule has 0 heterocycles. The molecule has 2 aromatic carbocycles. The van der Waals surface area contributed by atoms with Crippen molar-refractivity contribution in [2.24, 2.45) is 0 Å². The van der Waals surface area contributed by atoms with Crippen molar-refractivity contribution in [2.75, 3.05) is 0 Å². The first kappa shape index (κ1) is 18.6. The predicted molar refractivity (Wildman–Crippen MR) is 85.1 cm³/mol. The first-order chi connectivity index (χ1) is 11.5. The standard InChI is InChI=1S/C15H16O9S/c16-9(5-11-13(19)6-10(17)7-14(11)20)3-8-1-2-12(18)15(4-8)24-25(21,22)23/h1-2,4,6-7,9,16-20H,3,5H2,(H,21,22,23). The van der Waals surface area contributed by atoms with Gasteiger partial charge in [0.25, 0.3) is 0 Å². The lowest BCUT2D eigenvalue weighted by molar-refractivity contribution is 0.173. The Bertz CT molecular complexity index is 854. The number of hydrogen-bond donors (Lipinski definition) is 6. The Morgan fingerprint density at radius 2 is 1.52 bits per heavy atom. The lowest BCUT2D eigenvalue weighted by Gasteiger charge is -2.14. The highest BCUT2D eigenvalue weighted by molar-refractivity contribution is 7.81. The van der Waals surface area contributed by atoms with E-state index in [4.69, 9.17) is 4.55 Å². The highest BCUT2D eigenvalue weighted by atomic mass is 32.3. The van der Waals surface area contributed by atoms with E-state index in [2.05, 4.69) is 4.18 Å².